The Morgan fingerprint density at radius 3 is 2.61 bits per heavy atom. The third-order valence-electron chi connectivity index (χ3n) is 4.91. The molecule has 0 radical (unpaired) electrons. The van der Waals surface area contributed by atoms with Gasteiger partial charge < -0.3 is 19.9 Å². The maximum absolute atomic E-state index is 13.1. The van der Waals surface area contributed by atoms with Crippen LogP contribution in [-0.2, 0) is 4.74 Å². The zero-order chi connectivity index (χ0) is 19.1. The normalized spacial score (nSPS) is 20.2. The second-order valence-corrected chi connectivity index (χ2v) is 7.24. The molecule has 2 aromatic carbocycles. The second-order valence-electron chi connectivity index (χ2n) is 7.24. The Morgan fingerprint density at radius 2 is 1.89 bits per heavy atom. The van der Waals surface area contributed by atoms with Crippen molar-refractivity contribution in [1.29, 1.82) is 0 Å². The van der Waals surface area contributed by atoms with Crippen molar-refractivity contribution >= 4 is 12.4 Å². The SMILES string of the molecule is Cc1ccc(OCC(O)CNCC2CCOC(c3ccc(F)cc3)C2)cc1.Cl. The van der Waals surface area contributed by atoms with E-state index in [2.05, 4.69) is 5.32 Å². The first-order valence-corrected chi connectivity index (χ1v) is 9.55. The van der Waals surface area contributed by atoms with E-state index in [-0.39, 0.29) is 30.9 Å². The average molecular weight is 410 g/mol. The number of nitrogens with one attached hydrogen (secondary N) is 1. The van der Waals surface area contributed by atoms with Crippen molar-refractivity contribution in [2.24, 2.45) is 5.92 Å². The van der Waals surface area contributed by atoms with E-state index in [1.807, 2.05) is 31.2 Å². The number of ether oxygens (including phenoxy) is 2. The van der Waals surface area contributed by atoms with E-state index in [4.69, 9.17) is 9.47 Å². The van der Waals surface area contributed by atoms with E-state index in [1.165, 1.54) is 17.7 Å². The first-order valence-electron chi connectivity index (χ1n) is 9.55. The summed E-state index contributed by atoms with van der Waals surface area (Å²) in [7, 11) is 0. The largest absolute Gasteiger partial charge is 0.491 e. The Balaban J connectivity index is 0.00000280. The fourth-order valence-electron chi connectivity index (χ4n) is 3.30. The Morgan fingerprint density at radius 1 is 1.18 bits per heavy atom. The van der Waals surface area contributed by atoms with E-state index >= 15 is 0 Å². The lowest BCUT2D eigenvalue weighted by atomic mass is 9.92. The van der Waals surface area contributed by atoms with Gasteiger partial charge in [0.15, 0.2) is 0 Å². The number of hydrogen-bond donors (Lipinski definition) is 2. The van der Waals surface area contributed by atoms with E-state index in [1.54, 1.807) is 12.1 Å². The Bertz CT molecular complexity index is 696. The lowest BCUT2D eigenvalue weighted by Crippen LogP contribution is -2.36. The fraction of sp³-hybridized carbons (Fsp3) is 0.455. The molecule has 3 unspecified atom stereocenters. The second kappa shape index (κ2) is 11.4. The molecular weight excluding hydrogens is 381 g/mol. The van der Waals surface area contributed by atoms with E-state index < -0.39 is 6.10 Å². The van der Waals surface area contributed by atoms with Crippen LogP contribution in [0.25, 0.3) is 0 Å². The van der Waals surface area contributed by atoms with Crippen LogP contribution in [0.4, 0.5) is 4.39 Å². The number of hydrogen-bond acceptors (Lipinski definition) is 4. The Hall–Kier alpha value is -1.66. The Labute approximate surface area is 172 Å². The molecule has 0 aromatic heterocycles. The lowest BCUT2D eigenvalue weighted by molar-refractivity contribution is -0.0107. The molecule has 2 aromatic rings. The van der Waals surface area contributed by atoms with Crippen molar-refractivity contribution in [3.8, 4) is 5.75 Å². The van der Waals surface area contributed by atoms with Gasteiger partial charge in [0, 0.05) is 13.2 Å². The van der Waals surface area contributed by atoms with Crippen LogP contribution < -0.4 is 10.1 Å². The molecule has 1 fully saturated rings. The highest BCUT2D eigenvalue weighted by Crippen LogP contribution is 2.31. The summed E-state index contributed by atoms with van der Waals surface area (Å²) in [6.07, 6.45) is 1.34. The van der Waals surface area contributed by atoms with E-state index in [9.17, 15) is 9.50 Å². The third-order valence-corrected chi connectivity index (χ3v) is 4.91. The van der Waals surface area contributed by atoms with Crippen molar-refractivity contribution in [2.75, 3.05) is 26.3 Å². The van der Waals surface area contributed by atoms with Gasteiger partial charge in [-0.2, -0.15) is 0 Å². The van der Waals surface area contributed by atoms with Gasteiger partial charge in [0.1, 0.15) is 24.3 Å². The molecule has 4 nitrogen and oxygen atoms in total. The van der Waals surface area contributed by atoms with Gasteiger partial charge >= 0.3 is 0 Å². The molecule has 2 N–H and O–H groups in total. The van der Waals surface area contributed by atoms with Gasteiger partial charge in [-0.15, -0.1) is 12.4 Å². The molecule has 6 heteroatoms. The molecule has 1 saturated heterocycles. The molecule has 0 spiro atoms. The highest BCUT2D eigenvalue weighted by Gasteiger charge is 2.23. The zero-order valence-electron chi connectivity index (χ0n) is 16.1. The molecule has 0 aliphatic carbocycles. The fourth-order valence-corrected chi connectivity index (χ4v) is 3.30. The van der Waals surface area contributed by atoms with Crippen molar-refractivity contribution in [3.63, 3.8) is 0 Å². The molecule has 1 aliphatic heterocycles. The lowest BCUT2D eigenvalue weighted by Gasteiger charge is -2.30. The molecule has 28 heavy (non-hydrogen) atoms. The van der Waals surface area contributed by atoms with E-state index in [0.717, 1.165) is 30.7 Å². The molecule has 3 rings (SSSR count). The van der Waals surface area contributed by atoms with Gasteiger partial charge in [0.2, 0.25) is 0 Å². The van der Waals surface area contributed by atoms with Crippen molar-refractivity contribution in [3.05, 3.63) is 65.5 Å². The molecule has 1 heterocycles. The molecule has 0 amide bonds. The average Bonchev–Trinajstić information content (AvgIpc) is 2.68. The summed E-state index contributed by atoms with van der Waals surface area (Å²) in [5.41, 5.74) is 2.20. The predicted molar refractivity (Wildman–Crippen MR) is 111 cm³/mol. The van der Waals surface area contributed by atoms with E-state index in [0.29, 0.717) is 19.1 Å². The van der Waals surface area contributed by atoms with Gasteiger partial charge in [0.05, 0.1) is 6.10 Å². The van der Waals surface area contributed by atoms with Crippen LogP contribution in [0.2, 0.25) is 0 Å². The minimum absolute atomic E-state index is 0. The summed E-state index contributed by atoms with van der Waals surface area (Å²) >= 11 is 0. The van der Waals surface area contributed by atoms with Gasteiger partial charge in [-0.1, -0.05) is 29.8 Å². The monoisotopic (exact) mass is 409 g/mol. The number of rotatable bonds is 8. The first-order chi connectivity index (χ1) is 13.1. The van der Waals surface area contributed by atoms with Crippen molar-refractivity contribution in [2.45, 2.75) is 32.0 Å². The number of halogens is 2. The van der Waals surface area contributed by atoms with Crippen LogP contribution >= 0.6 is 12.4 Å². The van der Waals surface area contributed by atoms with Gasteiger partial charge in [-0.3, -0.25) is 0 Å². The zero-order valence-corrected chi connectivity index (χ0v) is 17.0. The summed E-state index contributed by atoms with van der Waals surface area (Å²) in [5.74, 6) is 1.01. The first kappa shape index (κ1) is 22.6. The molecule has 154 valence electrons. The molecule has 0 bridgehead atoms. The summed E-state index contributed by atoms with van der Waals surface area (Å²) < 4.78 is 24.5. The van der Waals surface area contributed by atoms with Gasteiger partial charge in [-0.05, 0) is 62.1 Å². The van der Waals surface area contributed by atoms with Crippen LogP contribution in [0.3, 0.4) is 0 Å². The molecule has 1 aliphatic rings. The quantitative estimate of drug-likeness (QED) is 0.690. The maximum Gasteiger partial charge on any atom is 0.123 e. The molecule has 3 atom stereocenters. The third kappa shape index (κ3) is 7.06. The maximum atomic E-state index is 13.1. The minimum Gasteiger partial charge on any atom is -0.491 e. The van der Waals surface area contributed by atoms with Crippen LogP contribution in [0, 0.1) is 18.7 Å². The highest BCUT2D eigenvalue weighted by atomic mass is 35.5. The summed E-state index contributed by atoms with van der Waals surface area (Å²) in [6, 6.07) is 14.3. The summed E-state index contributed by atoms with van der Waals surface area (Å²) in [4.78, 5) is 0. The number of aryl methyl sites for hydroxylation is 1. The van der Waals surface area contributed by atoms with Crippen LogP contribution in [0.1, 0.15) is 30.1 Å². The standard InChI is InChI=1S/C22H28FNO3.ClH/c1-16-2-8-21(9-3-16)27-15-20(25)14-24-13-17-10-11-26-22(12-17)18-4-6-19(23)7-5-18;/h2-9,17,20,22,24-25H,10-15H2,1H3;1H. The molecular formula is C22H29ClFNO3. The number of benzene rings is 2. The van der Waals surface area contributed by atoms with Crippen molar-refractivity contribution in [1.82, 2.24) is 5.32 Å². The van der Waals surface area contributed by atoms with Gasteiger partial charge in [0.25, 0.3) is 0 Å². The topological polar surface area (TPSA) is 50.7 Å². The predicted octanol–water partition coefficient (Wildman–Crippen LogP) is 4.05. The van der Waals surface area contributed by atoms with Crippen LogP contribution in [0.15, 0.2) is 48.5 Å². The number of aliphatic hydroxyl groups excluding tert-OH is 1. The highest BCUT2D eigenvalue weighted by molar-refractivity contribution is 5.85. The van der Waals surface area contributed by atoms with Gasteiger partial charge in [-0.25, -0.2) is 4.39 Å². The van der Waals surface area contributed by atoms with Crippen LogP contribution in [0.5, 0.6) is 5.75 Å². The number of aliphatic hydroxyl groups is 1. The summed E-state index contributed by atoms with van der Waals surface area (Å²) in [6.45, 7) is 4.31. The van der Waals surface area contributed by atoms with Crippen LogP contribution in [-0.4, -0.2) is 37.5 Å². The summed E-state index contributed by atoms with van der Waals surface area (Å²) in [5, 5.41) is 13.4. The smallest absolute Gasteiger partial charge is 0.123 e. The van der Waals surface area contributed by atoms with Crippen molar-refractivity contribution < 1.29 is 19.0 Å². The molecule has 0 saturated carbocycles. The Kier molecular flexibility index (Phi) is 9.19. The minimum atomic E-state index is -0.556.